The highest BCUT2D eigenvalue weighted by Crippen LogP contribution is 2.33. The summed E-state index contributed by atoms with van der Waals surface area (Å²) in [6, 6.07) is 18.2. The third kappa shape index (κ3) is 3.52. The molecule has 1 aliphatic rings. The molecule has 1 fully saturated rings. The Morgan fingerprint density at radius 2 is 1.83 bits per heavy atom. The Morgan fingerprint density at radius 3 is 2.48 bits per heavy atom. The summed E-state index contributed by atoms with van der Waals surface area (Å²) in [7, 11) is 0. The molecule has 0 radical (unpaired) electrons. The van der Waals surface area contributed by atoms with Crippen LogP contribution in [0.1, 0.15) is 30.0 Å². The molecule has 120 valence electrons. The second kappa shape index (κ2) is 6.81. The van der Waals surface area contributed by atoms with Gasteiger partial charge in [0, 0.05) is 12.5 Å². The average Bonchev–Trinajstić information content (AvgIpc) is 3.06. The first-order valence-corrected chi connectivity index (χ1v) is 7.68. The summed E-state index contributed by atoms with van der Waals surface area (Å²) in [6.07, 6.45) is -0.854. The summed E-state index contributed by atoms with van der Waals surface area (Å²) < 4.78 is 5.37. The maximum absolute atomic E-state index is 10.8. The molecular weight excluding hydrogens is 292 g/mol. The van der Waals surface area contributed by atoms with Crippen molar-refractivity contribution in [2.45, 2.75) is 25.0 Å². The quantitative estimate of drug-likeness (QED) is 0.791. The third-order valence-electron chi connectivity index (χ3n) is 4.11. The van der Waals surface area contributed by atoms with E-state index in [9.17, 15) is 4.79 Å². The maximum atomic E-state index is 10.8. The monoisotopic (exact) mass is 312 g/mol. The Balaban J connectivity index is 1.75. The molecule has 1 heterocycles. The van der Waals surface area contributed by atoms with Crippen LogP contribution < -0.4 is 15.6 Å². The van der Waals surface area contributed by atoms with Gasteiger partial charge in [0.05, 0.1) is 6.04 Å². The van der Waals surface area contributed by atoms with Crippen molar-refractivity contribution in [1.82, 2.24) is 10.9 Å². The second-order valence-electron chi connectivity index (χ2n) is 5.69. The molecule has 0 spiro atoms. The van der Waals surface area contributed by atoms with Gasteiger partial charge >= 0.3 is 5.97 Å². The molecule has 23 heavy (non-hydrogen) atoms. The van der Waals surface area contributed by atoms with Crippen LogP contribution >= 0.6 is 0 Å². The number of carboxylic acids is 1. The van der Waals surface area contributed by atoms with Gasteiger partial charge in [-0.15, -0.1) is 0 Å². The molecule has 3 N–H and O–H groups in total. The first-order chi connectivity index (χ1) is 11.1. The largest absolute Gasteiger partial charge is 0.479 e. The molecule has 1 saturated heterocycles. The van der Waals surface area contributed by atoms with Gasteiger partial charge in [0.25, 0.3) is 0 Å². The van der Waals surface area contributed by atoms with Crippen molar-refractivity contribution < 1.29 is 14.6 Å². The van der Waals surface area contributed by atoms with Crippen LogP contribution in [0.5, 0.6) is 5.75 Å². The van der Waals surface area contributed by atoms with Gasteiger partial charge in [0.1, 0.15) is 5.75 Å². The van der Waals surface area contributed by atoms with Crippen LogP contribution in [-0.4, -0.2) is 23.7 Å². The zero-order chi connectivity index (χ0) is 16.2. The third-order valence-corrected chi connectivity index (χ3v) is 4.11. The SMILES string of the molecule is CC(Oc1ccc(C2CNNC2c2ccccc2)cc1)C(=O)O. The summed E-state index contributed by atoms with van der Waals surface area (Å²) >= 11 is 0. The van der Waals surface area contributed by atoms with Crippen molar-refractivity contribution in [3.63, 3.8) is 0 Å². The Hall–Kier alpha value is -2.37. The predicted octanol–water partition coefficient (Wildman–Crippen LogP) is 2.47. The lowest BCUT2D eigenvalue weighted by atomic mass is 9.89. The Morgan fingerprint density at radius 1 is 1.13 bits per heavy atom. The molecule has 0 aromatic heterocycles. The van der Waals surface area contributed by atoms with Gasteiger partial charge in [0.15, 0.2) is 6.10 Å². The lowest BCUT2D eigenvalue weighted by molar-refractivity contribution is -0.144. The molecule has 0 bridgehead atoms. The van der Waals surface area contributed by atoms with E-state index in [4.69, 9.17) is 9.84 Å². The zero-order valence-electron chi connectivity index (χ0n) is 12.9. The van der Waals surface area contributed by atoms with Crippen LogP contribution in [0.15, 0.2) is 54.6 Å². The lowest BCUT2D eigenvalue weighted by Crippen LogP contribution is -2.24. The Labute approximate surface area is 135 Å². The highest BCUT2D eigenvalue weighted by atomic mass is 16.5. The second-order valence-corrected chi connectivity index (χ2v) is 5.69. The number of rotatable bonds is 5. The molecule has 5 heteroatoms. The number of aliphatic carboxylic acids is 1. The summed E-state index contributed by atoms with van der Waals surface area (Å²) in [6.45, 7) is 2.36. The number of carbonyl (C=O) groups is 1. The summed E-state index contributed by atoms with van der Waals surface area (Å²) in [4.78, 5) is 10.8. The Kier molecular flexibility index (Phi) is 4.60. The molecule has 1 aliphatic heterocycles. The Bertz CT molecular complexity index is 658. The molecule has 2 aromatic carbocycles. The molecule has 0 saturated carbocycles. The van der Waals surface area contributed by atoms with Crippen LogP contribution in [0.3, 0.4) is 0 Å². The summed E-state index contributed by atoms with van der Waals surface area (Å²) in [5.74, 6) is -0.0930. The summed E-state index contributed by atoms with van der Waals surface area (Å²) in [5, 5.41) is 8.89. The van der Waals surface area contributed by atoms with Crippen LogP contribution in [-0.2, 0) is 4.79 Å². The van der Waals surface area contributed by atoms with Crippen molar-refractivity contribution in [1.29, 1.82) is 0 Å². The number of hydrazine groups is 1. The van der Waals surface area contributed by atoms with Gasteiger partial charge in [-0.1, -0.05) is 42.5 Å². The highest BCUT2D eigenvalue weighted by molar-refractivity contribution is 5.72. The normalized spacial score (nSPS) is 21.8. The molecule has 0 aliphatic carbocycles. The van der Waals surface area contributed by atoms with Gasteiger partial charge in [-0.2, -0.15) is 0 Å². The van der Waals surface area contributed by atoms with Crippen LogP contribution in [0.25, 0.3) is 0 Å². The van der Waals surface area contributed by atoms with Gasteiger partial charge in [-0.3, -0.25) is 5.43 Å². The number of hydrogen-bond donors (Lipinski definition) is 3. The van der Waals surface area contributed by atoms with E-state index < -0.39 is 12.1 Å². The minimum atomic E-state index is -0.970. The van der Waals surface area contributed by atoms with E-state index in [-0.39, 0.29) is 6.04 Å². The molecule has 3 rings (SSSR count). The number of hydrogen-bond acceptors (Lipinski definition) is 4. The van der Waals surface area contributed by atoms with Crippen molar-refractivity contribution in [3.05, 3.63) is 65.7 Å². The highest BCUT2D eigenvalue weighted by Gasteiger charge is 2.29. The minimum absolute atomic E-state index is 0.209. The van der Waals surface area contributed by atoms with E-state index in [1.54, 1.807) is 0 Å². The average molecular weight is 312 g/mol. The molecular formula is C18H20N2O3. The van der Waals surface area contributed by atoms with Gasteiger partial charge < -0.3 is 9.84 Å². The van der Waals surface area contributed by atoms with Crippen molar-refractivity contribution in [3.8, 4) is 5.75 Å². The number of ether oxygens (including phenoxy) is 1. The maximum Gasteiger partial charge on any atom is 0.344 e. The first-order valence-electron chi connectivity index (χ1n) is 7.68. The fourth-order valence-electron chi connectivity index (χ4n) is 2.83. The molecule has 2 aromatic rings. The van der Waals surface area contributed by atoms with Gasteiger partial charge in [-0.25, -0.2) is 10.2 Å². The molecule has 5 nitrogen and oxygen atoms in total. The van der Waals surface area contributed by atoms with E-state index in [1.807, 2.05) is 42.5 Å². The first kappa shape index (κ1) is 15.5. The van der Waals surface area contributed by atoms with E-state index in [0.717, 1.165) is 6.54 Å². The topological polar surface area (TPSA) is 70.6 Å². The van der Waals surface area contributed by atoms with Crippen molar-refractivity contribution >= 4 is 5.97 Å². The van der Waals surface area contributed by atoms with Gasteiger partial charge in [0.2, 0.25) is 0 Å². The van der Waals surface area contributed by atoms with Crippen LogP contribution in [0, 0.1) is 0 Å². The molecule has 0 amide bonds. The lowest BCUT2D eigenvalue weighted by Gasteiger charge is -2.19. The van der Waals surface area contributed by atoms with Crippen LogP contribution in [0.4, 0.5) is 0 Å². The van der Waals surface area contributed by atoms with E-state index >= 15 is 0 Å². The number of carboxylic acid groups (broad SMARTS) is 1. The van der Waals surface area contributed by atoms with Crippen LogP contribution in [0.2, 0.25) is 0 Å². The predicted molar refractivity (Wildman–Crippen MR) is 87.2 cm³/mol. The van der Waals surface area contributed by atoms with Crippen molar-refractivity contribution in [2.24, 2.45) is 0 Å². The van der Waals surface area contributed by atoms with E-state index in [2.05, 4.69) is 23.0 Å². The van der Waals surface area contributed by atoms with Gasteiger partial charge in [-0.05, 0) is 30.2 Å². The fraction of sp³-hybridized carbons (Fsp3) is 0.278. The molecule has 3 atom stereocenters. The molecule has 3 unspecified atom stereocenters. The number of benzene rings is 2. The zero-order valence-corrected chi connectivity index (χ0v) is 12.9. The smallest absolute Gasteiger partial charge is 0.344 e. The van der Waals surface area contributed by atoms with E-state index in [0.29, 0.717) is 11.7 Å². The summed E-state index contributed by atoms with van der Waals surface area (Å²) in [5.41, 5.74) is 8.97. The standard InChI is InChI=1S/C18H20N2O3/c1-12(18(21)22)23-15-9-7-13(8-10-15)16-11-19-20-17(16)14-5-3-2-4-6-14/h2-10,12,16-17,19-20H,11H2,1H3,(H,21,22). The van der Waals surface area contributed by atoms with Crippen molar-refractivity contribution in [2.75, 3.05) is 6.54 Å². The van der Waals surface area contributed by atoms with E-state index in [1.165, 1.54) is 18.1 Å². The minimum Gasteiger partial charge on any atom is -0.479 e. The fourth-order valence-corrected chi connectivity index (χ4v) is 2.83. The number of nitrogens with one attached hydrogen (secondary N) is 2.